The van der Waals surface area contributed by atoms with Crippen molar-refractivity contribution in [1.82, 2.24) is 0 Å². The molecule has 0 atom stereocenters. The molecule has 0 bridgehead atoms. The topological polar surface area (TPSA) is 84.9 Å². The molecule has 7 nitrogen and oxygen atoms in total. The molecule has 0 unspecified atom stereocenters. The van der Waals surface area contributed by atoms with Gasteiger partial charge in [0.25, 0.3) is 15.9 Å². The smallest absolute Gasteiger partial charge is 0.264 e. The van der Waals surface area contributed by atoms with Crippen molar-refractivity contribution in [3.8, 4) is 11.5 Å². The monoisotopic (exact) mass is 440 g/mol. The molecule has 3 aromatic rings. The van der Waals surface area contributed by atoms with E-state index in [0.29, 0.717) is 28.4 Å². The zero-order valence-electron chi connectivity index (χ0n) is 17.7. The summed E-state index contributed by atoms with van der Waals surface area (Å²) in [6, 6.07) is 18.1. The number of sulfonamides is 1. The summed E-state index contributed by atoms with van der Waals surface area (Å²) in [5, 5.41) is 2.78. The first-order chi connectivity index (χ1) is 14.8. The predicted octanol–water partition coefficient (Wildman–Crippen LogP) is 4.09. The number of hydrogen-bond donors (Lipinski definition) is 1. The molecule has 8 heteroatoms. The van der Waals surface area contributed by atoms with Crippen LogP contribution < -0.4 is 19.1 Å². The van der Waals surface area contributed by atoms with Gasteiger partial charge in [-0.1, -0.05) is 23.8 Å². The normalized spacial score (nSPS) is 11.0. The quantitative estimate of drug-likeness (QED) is 0.598. The summed E-state index contributed by atoms with van der Waals surface area (Å²) in [4.78, 5) is 12.9. The van der Waals surface area contributed by atoms with Crippen molar-refractivity contribution < 1.29 is 22.7 Å². The fourth-order valence-corrected chi connectivity index (χ4v) is 4.15. The van der Waals surface area contributed by atoms with Crippen molar-refractivity contribution in [3.05, 3.63) is 77.9 Å². The summed E-state index contributed by atoms with van der Waals surface area (Å²) in [5.41, 5.74) is 2.18. The summed E-state index contributed by atoms with van der Waals surface area (Å²) >= 11 is 0. The molecule has 0 radical (unpaired) electrons. The average Bonchev–Trinajstić information content (AvgIpc) is 2.78. The first-order valence-electron chi connectivity index (χ1n) is 9.45. The van der Waals surface area contributed by atoms with Crippen LogP contribution in [0.3, 0.4) is 0 Å². The second-order valence-corrected chi connectivity index (χ2v) is 8.83. The van der Waals surface area contributed by atoms with Crippen molar-refractivity contribution in [2.75, 3.05) is 30.9 Å². The number of hydrogen-bond acceptors (Lipinski definition) is 5. The van der Waals surface area contributed by atoms with Crippen LogP contribution in [-0.2, 0) is 10.0 Å². The van der Waals surface area contributed by atoms with E-state index in [-0.39, 0.29) is 10.8 Å². The third-order valence-corrected chi connectivity index (χ3v) is 6.59. The summed E-state index contributed by atoms with van der Waals surface area (Å²) < 4.78 is 37.5. The van der Waals surface area contributed by atoms with Crippen LogP contribution in [0.15, 0.2) is 71.6 Å². The second kappa shape index (κ2) is 9.09. The van der Waals surface area contributed by atoms with Gasteiger partial charge < -0.3 is 14.8 Å². The molecule has 0 aliphatic rings. The maximum atomic E-state index is 12.9. The molecule has 0 aliphatic carbocycles. The second-order valence-electron chi connectivity index (χ2n) is 6.86. The van der Waals surface area contributed by atoms with E-state index < -0.39 is 10.0 Å². The molecule has 0 heterocycles. The van der Waals surface area contributed by atoms with Crippen molar-refractivity contribution in [1.29, 1.82) is 0 Å². The van der Waals surface area contributed by atoms with Crippen molar-refractivity contribution in [2.24, 2.45) is 0 Å². The molecule has 1 N–H and O–H groups in total. The van der Waals surface area contributed by atoms with Gasteiger partial charge in [-0.2, -0.15) is 0 Å². The molecule has 0 aromatic heterocycles. The van der Waals surface area contributed by atoms with E-state index in [1.165, 1.54) is 27.3 Å². The Balaban J connectivity index is 1.84. The Kier molecular flexibility index (Phi) is 6.50. The van der Waals surface area contributed by atoms with Crippen molar-refractivity contribution in [3.63, 3.8) is 0 Å². The van der Waals surface area contributed by atoms with E-state index in [4.69, 9.17) is 9.47 Å². The van der Waals surface area contributed by atoms with Gasteiger partial charge in [-0.3, -0.25) is 9.10 Å². The van der Waals surface area contributed by atoms with Gasteiger partial charge in [0.2, 0.25) is 0 Å². The standard InChI is InChI=1S/C23H24N2O5S/c1-16-8-11-20(12-9-16)31(27,28)25(2)19-7-5-6-17(14-19)23(26)24-18-10-13-21(29-3)22(15-18)30-4/h5-15H,1-4H3,(H,24,26). The maximum absolute atomic E-state index is 12.9. The number of benzene rings is 3. The van der Waals surface area contributed by atoms with Gasteiger partial charge in [-0.15, -0.1) is 0 Å². The molecule has 0 saturated heterocycles. The SMILES string of the molecule is COc1ccc(NC(=O)c2cccc(N(C)S(=O)(=O)c3ccc(C)cc3)c2)cc1OC. The number of anilines is 2. The van der Waals surface area contributed by atoms with Gasteiger partial charge in [0.15, 0.2) is 11.5 Å². The zero-order valence-corrected chi connectivity index (χ0v) is 18.6. The minimum Gasteiger partial charge on any atom is -0.493 e. The van der Waals surface area contributed by atoms with Crippen LogP contribution in [0.4, 0.5) is 11.4 Å². The van der Waals surface area contributed by atoms with Crippen molar-refractivity contribution in [2.45, 2.75) is 11.8 Å². The molecule has 0 fully saturated rings. The number of carbonyl (C=O) groups is 1. The summed E-state index contributed by atoms with van der Waals surface area (Å²) in [5.74, 6) is 0.651. The molecular weight excluding hydrogens is 416 g/mol. The lowest BCUT2D eigenvalue weighted by atomic mass is 10.2. The minimum absolute atomic E-state index is 0.181. The lowest BCUT2D eigenvalue weighted by Gasteiger charge is -2.20. The Morgan fingerprint density at radius 2 is 1.58 bits per heavy atom. The third kappa shape index (κ3) is 4.80. The van der Waals surface area contributed by atoms with Gasteiger partial charge in [0.05, 0.1) is 24.8 Å². The van der Waals surface area contributed by atoms with Crippen LogP contribution in [0.5, 0.6) is 11.5 Å². The van der Waals surface area contributed by atoms with Crippen LogP contribution in [0, 0.1) is 6.92 Å². The average molecular weight is 441 g/mol. The summed E-state index contributed by atoms with van der Waals surface area (Å²) in [7, 11) is 0.745. The van der Waals surface area contributed by atoms with Gasteiger partial charge in [-0.05, 0) is 49.4 Å². The number of nitrogens with one attached hydrogen (secondary N) is 1. The Morgan fingerprint density at radius 1 is 0.903 bits per heavy atom. The number of rotatable bonds is 7. The predicted molar refractivity (Wildman–Crippen MR) is 121 cm³/mol. The van der Waals surface area contributed by atoms with Gasteiger partial charge >= 0.3 is 0 Å². The Labute approximate surface area is 182 Å². The van der Waals surface area contributed by atoms with Gasteiger partial charge in [-0.25, -0.2) is 8.42 Å². The highest BCUT2D eigenvalue weighted by Crippen LogP contribution is 2.30. The molecule has 1 amide bonds. The van der Waals surface area contributed by atoms with E-state index in [1.807, 2.05) is 6.92 Å². The maximum Gasteiger partial charge on any atom is 0.264 e. The molecule has 0 spiro atoms. The van der Waals surface area contributed by atoms with Crippen LogP contribution in [-0.4, -0.2) is 35.6 Å². The third-order valence-electron chi connectivity index (χ3n) is 4.79. The molecule has 0 saturated carbocycles. The first-order valence-corrected chi connectivity index (χ1v) is 10.9. The number of nitrogens with zero attached hydrogens (tertiary/aromatic N) is 1. The van der Waals surface area contributed by atoms with Crippen molar-refractivity contribution >= 4 is 27.3 Å². The highest BCUT2D eigenvalue weighted by atomic mass is 32.2. The lowest BCUT2D eigenvalue weighted by molar-refractivity contribution is 0.102. The number of methoxy groups -OCH3 is 2. The minimum atomic E-state index is -3.76. The fourth-order valence-electron chi connectivity index (χ4n) is 2.97. The Bertz CT molecular complexity index is 1190. The Morgan fingerprint density at radius 3 is 2.23 bits per heavy atom. The van der Waals surface area contributed by atoms with Gasteiger partial charge in [0.1, 0.15) is 0 Å². The molecule has 162 valence electrons. The van der Waals surface area contributed by atoms with E-state index in [0.717, 1.165) is 9.87 Å². The van der Waals surface area contributed by atoms with E-state index in [2.05, 4.69) is 5.32 Å². The van der Waals surface area contributed by atoms with Gasteiger partial charge in [0, 0.05) is 24.4 Å². The number of ether oxygens (including phenoxy) is 2. The highest BCUT2D eigenvalue weighted by molar-refractivity contribution is 7.92. The summed E-state index contributed by atoms with van der Waals surface area (Å²) in [6.07, 6.45) is 0. The number of aryl methyl sites for hydroxylation is 1. The first kappa shape index (κ1) is 22.2. The lowest BCUT2D eigenvalue weighted by Crippen LogP contribution is -2.26. The molecule has 0 aliphatic heterocycles. The van der Waals surface area contributed by atoms with E-state index in [1.54, 1.807) is 60.7 Å². The fraction of sp³-hybridized carbons (Fsp3) is 0.174. The zero-order chi connectivity index (χ0) is 22.6. The largest absolute Gasteiger partial charge is 0.493 e. The summed E-state index contributed by atoms with van der Waals surface area (Å²) in [6.45, 7) is 1.89. The molecule has 3 aromatic carbocycles. The van der Waals surface area contributed by atoms with Crippen LogP contribution in [0.2, 0.25) is 0 Å². The van der Waals surface area contributed by atoms with E-state index >= 15 is 0 Å². The van der Waals surface area contributed by atoms with Crippen LogP contribution in [0.25, 0.3) is 0 Å². The number of carbonyl (C=O) groups excluding carboxylic acids is 1. The molecule has 31 heavy (non-hydrogen) atoms. The van der Waals surface area contributed by atoms with Crippen LogP contribution in [0.1, 0.15) is 15.9 Å². The van der Waals surface area contributed by atoms with E-state index in [9.17, 15) is 13.2 Å². The van der Waals surface area contributed by atoms with Crippen LogP contribution >= 0.6 is 0 Å². The molecular formula is C23H24N2O5S. The number of amides is 1. The highest BCUT2D eigenvalue weighted by Gasteiger charge is 2.22. The molecule has 3 rings (SSSR count). The Hall–Kier alpha value is -3.52.